The van der Waals surface area contributed by atoms with Crippen LogP contribution in [0, 0.1) is 0 Å². The molecule has 3 N–H and O–H groups in total. The number of anilines is 1. The van der Waals surface area contributed by atoms with Crippen molar-refractivity contribution in [3.63, 3.8) is 0 Å². The predicted octanol–water partition coefficient (Wildman–Crippen LogP) is 2.59. The molecule has 5 nitrogen and oxygen atoms in total. The third kappa shape index (κ3) is 4.87. The van der Waals surface area contributed by atoms with Gasteiger partial charge in [-0.05, 0) is 44.0 Å². The fraction of sp³-hybridized carbons (Fsp3) is 0.467. The molecule has 1 aromatic rings. The number of nitrogens with one attached hydrogen (secondary N) is 3. The van der Waals surface area contributed by atoms with Gasteiger partial charge in [0, 0.05) is 12.2 Å². The Labute approximate surface area is 141 Å². The van der Waals surface area contributed by atoms with E-state index in [2.05, 4.69) is 16.0 Å². The van der Waals surface area contributed by atoms with Gasteiger partial charge in [0.25, 0.3) is 5.91 Å². The van der Waals surface area contributed by atoms with Crippen LogP contribution in [0.5, 0.6) is 0 Å². The minimum Gasteiger partial charge on any atom is -0.352 e. The molecule has 1 aliphatic heterocycles. The molecule has 1 heterocycles. The summed E-state index contributed by atoms with van der Waals surface area (Å²) in [5.41, 5.74) is 1.02. The molecule has 7 heteroatoms. The third-order valence-electron chi connectivity index (χ3n) is 3.39. The molecule has 1 atom stereocenters. The van der Waals surface area contributed by atoms with E-state index in [0.29, 0.717) is 22.8 Å². The molecule has 0 saturated carbocycles. The number of rotatable bonds is 5. The maximum Gasteiger partial charge on any atom is 0.252 e. The van der Waals surface area contributed by atoms with Gasteiger partial charge in [-0.25, -0.2) is 0 Å². The molecule has 122 valence electrons. The van der Waals surface area contributed by atoms with Gasteiger partial charge in [-0.2, -0.15) is 0 Å². The number of carbonyl (C=O) groups is 2. The van der Waals surface area contributed by atoms with E-state index in [9.17, 15) is 9.59 Å². The Morgan fingerprint density at radius 3 is 2.77 bits per heavy atom. The van der Waals surface area contributed by atoms with Crippen molar-refractivity contribution in [2.24, 2.45) is 0 Å². The standard InChI is InChI=1S/C15H20ClN3O2.ClH/c1-2-7-18-14(20)11-6-5-10(9-12(11)16)19-15(21)13-4-3-8-17-13;/h5-6,9,13,17H,2-4,7-8H2,1H3,(H,18,20)(H,19,21);1H. The van der Waals surface area contributed by atoms with E-state index in [0.717, 1.165) is 25.8 Å². The van der Waals surface area contributed by atoms with Crippen molar-refractivity contribution in [1.29, 1.82) is 0 Å². The van der Waals surface area contributed by atoms with Crippen LogP contribution in [0.15, 0.2) is 18.2 Å². The van der Waals surface area contributed by atoms with Gasteiger partial charge in [0.15, 0.2) is 0 Å². The van der Waals surface area contributed by atoms with Gasteiger partial charge in [0.1, 0.15) is 0 Å². The zero-order valence-electron chi connectivity index (χ0n) is 12.4. The van der Waals surface area contributed by atoms with Gasteiger partial charge in [-0.1, -0.05) is 18.5 Å². The average Bonchev–Trinajstić information content (AvgIpc) is 2.99. The van der Waals surface area contributed by atoms with Gasteiger partial charge in [0.2, 0.25) is 5.91 Å². The Kier molecular flexibility index (Phi) is 7.65. The highest BCUT2D eigenvalue weighted by Gasteiger charge is 2.22. The number of carbonyl (C=O) groups excluding carboxylic acids is 2. The number of benzene rings is 1. The fourth-order valence-corrected chi connectivity index (χ4v) is 2.51. The molecule has 1 unspecified atom stereocenters. The lowest BCUT2D eigenvalue weighted by atomic mass is 10.1. The van der Waals surface area contributed by atoms with E-state index in [-0.39, 0.29) is 30.3 Å². The highest BCUT2D eigenvalue weighted by molar-refractivity contribution is 6.34. The zero-order valence-corrected chi connectivity index (χ0v) is 14.0. The van der Waals surface area contributed by atoms with Crippen molar-refractivity contribution in [2.45, 2.75) is 32.2 Å². The minimum atomic E-state index is -0.197. The zero-order chi connectivity index (χ0) is 15.2. The van der Waals surface area contributed by atoms with Crippen molar-refractivity contribution in [3.8, 4) is 0 Å². The quantitative estimate of drug-likeness (QED) is 0.768. The molecule has 1 saturated heterocycles. The summed E-state index contributed by atoms with van der Waals surface area (Å²) in [6, 6.07) is 4.79. The van der Waals surface area contributed by atoms with Gasteiger partial charge in [-0.3, -0.25) is 9.59 Å². The molecule has 0 spiro atoms. The lowest BCUT2D eigenvalue weighted by Crippen LogP contribution is -2.35. The SMILES string of the molecule is CCCNC(=O)c1ccc(NC(=O)C2CCCN2)cc1Cl.Cl. The van der Waals surface area contributed by atoms with E-state index in [1.807, 2.05) is 6.92 Å². The Hall–Kier alpha value is -1.30. The Morgan fingerprint density at radius 2 is 2.18 bits per heavy atom. The van der Waals surface area contributed by atoms with Crippen LogP contribution < -0.4 is 16.0 Å². The molecular formula is C15H21Cl2N3O2. The van der Waals surface area contributed by atoms with Crippen molar-refractivity contribution in [1.82, 2.24) is 10.6 Å². The molecule has 1 aliphatic rings. The van der Waals surface area contributed by atoms with Gasteiger partial charge < -0.3 is 16.0 Å². The second-order valence-electron chi connectivity index (χ2n) is 5.09. The van der Waals surface area contributed by atoms with Crippen LogP contribution in [0.1, 0.15) is 36.5 Å². The van der Waals surface area contributed by atoms with Gasteiger partial charge in [0.05, 0.1) is 16.6 Å². The van der Waals surface area contributed by atoms with E-state index >= 15 is 0 Å². The molecule has 0 aromatic heterocycles. The Morgan fingerprint density at radius 1 is 1.41 bits per heavy atom. The first-order valence-corrected chi connectivity index (χ1v) is 7.61. The first-order chi connectivity index (χ1) is 10.1. The van der Waals surface area contributed by atoms with Crippen molar-refractivity contribution in [3.05, 3.63) is 28.8 Å². The molecule has 1 aromatic carbocycles. The molecule has 1 fully saturated rings. The van der Waals surface area contributed by atoms with Crippen LogP contribution >= 0.6 is 24.0 Å². The topological polar surface area (TPSA) is 70.2 Å². The van der Waals surface area contributed by atoms with Crippen molar-refractivity contribution in [2.75, 3.05) is 18.4 Å². The molecule has 0 bridgehead atoms. The first kappa shape index (κ1) is 18.7. The van der Waals surface area contributed by atoms with Crippen LogP contribution in [0.4, 0.5) is 5.69 Å². The summed E-state index contributed by atoms with van der Waals surface area (Å²) in [6.45, 7) is 3.47. The highest BCUT2D eigenvalue weighted by atomic mass is 35.5. The van der Waals surface area contributed by atoms with E-state index in [4.69, 9.17) is 11.6 Å². The van der Waals surface area contributed by atoms with E-state index < -0.39 is 0 Å². The highest BCUT2D eigenvalue weighted by Crippen LogP contribution is 2.21. The molecule has 22 heavy (non-hydrogen) atoms. The maximum atomic E-state index is 12.0. The molecule has 0 aliphatic carbocycles. The maximum absolute atomic E-state index is 12.0. The van der Waals surface area contributed by atoms with E-state index in [1.54, 1.807) is 18.2 Å². The van der Waals surface area contributed by atoms with Crippen molar-refractivity contribution >= 4 is 41.5 Å². The monoisotopic (exact) mass is 345 g/mol. The molecule has 0 radical (unpaired) electrons. The second-order valence-corrected chi connectivity index (χ2v) is 5.50. The van der Waals surface area contributed by atoms with Crippen LogP contribution in [-0.2, 0) is 4.79 Å². The predicted molar refractivity (Wildman–Crippen MR) is 91.0 cm³/mol. The average molecular weight is 346 g/mol. The lowest BCUT2D eigenvalue weighted by Gasteiger charge is -2.12. The fourth-order valence-electron chi connectivity index (χ4n) is 2.25. The van der Waals surface area contributed by atoms with Crippen LogP contribution in [-0.4, -0.2) is 30.9 Å². The summed E-state index contributed by atoms with van der Waals surface area (Å²) in [5.74, 6) is -0.260. The summed E-state index contributed by atoms with van der Waals surface area (Å²) in [5, 5.41) is 9.06. The van der Waals surface area contributed by atoms with Crippen LogP contribution in [0.25, 0.3) is 0 Å². The first-order valence-electron chi connectivity index (χ1n) is 7.24. The number of hydrogen-bond acceptors (Lipinski definition) is 3. The summed E-state index contributed by atoms with van der Waals surface area (Å²) < 4.78 is 0. The largest absolute Gasteiger partial charge is 0.352 e. The summed E-state index contributed by atoms with van der Waals surface area (Å²) >= 11 is 6.12. The van der Waals surface area contributed by atoms with Crippen LogP contribution in [0.2, 0.25) is 5.02 Å². The summed E-state index contributed by atoms with van der Waals surface area (Å²) in [4.78, 5) is 23.9. The minimum absolute atomic E-state index is 0. The summed E-state index contributed by atoms with van der Waals surface area (Å²) in [7, 11) is 0. The molecular weight excluding hydrogens is 325 g/mol. The van der Waals surface area contributed by atoms with Gasteiger partial charge in [-0.15, -0.1) is 12.4 Å². The number of amides is 2. The van der Waals surface area contributed by atoms with Crippen molar-refractivity contribution < 1.29 is 9.59 Å². The van der Waals surface area contributed by atoms with Gasteiger partial charge >= 0.3 is 0 Å². The smallest absolute Gasteiger partial charge is 0.252 e. The third-order valence-corrected chi connectivity index (χ3v) is 3.71. The van der Waals surface area contributed by atoms with Crippen LogP contribution in [0.3, 0.4) is 0 Å². The lowest BCUT2D eigenvalue weighted by molar-refractivity contribution is -0.117. The molecule has 2 rings (SSSR count). The Balaban J connectivity index is 0.00000242. The number of halogens is 2. The second kappa shape index (κ2) is 8.98. The van der Waals surface area contributed by atoms with E-state index in [1.165, 1.54) is 0 Å². The normalized spacial score (nSPS) is 16.7. The summed E-state index contributed by atoms with van der Waals surface area (Å²) in [6.07, 6.45) is 2.72. The molecule has 2 amide bonds. The number of hydrogen-bond donors (Lipinski definition) is 3. The Bertz CT molecular complexity index is 532.